The van der Waals surface area contributed by atoms with Crippen molar-refractivity contribution in [2.45, 2.75) is 6.61 Å². The van der Waals surface area contributed by atoms with Crippen LogP contribution in [0.3, 0.4) is 0 Å². The van der Waals surface area contributed by atoms with Crippen molar-refractivity contribution >= 4 is 28.6 Å². The van der Waals surface area contributed by atoms with Gasteiger partial charge in [-0.3, -0.25) is 10.1 Å². The van der Waals surface area contributed by atoms with Gasteiger partial charge in [0.2, 0.25) is 0 Å². The number of nitro groups is 1. The summed E-state index contributed by atoms with van der Waals surface area (Å²) in [5.74, 6) is 0.175. The van der Waals surface area contributed by atoms with Gasteiger partial charge in [0.15, 0.2) is 5.75 Å². The molecule has 0 atom stereocenters. The molecule has 7 heteroatoms. The minimum atomic E-state index is -0.516. The first-order valence-electron chi connectivity index (χ1n) is 6.70. The van der Waals surface area contributed by atoms with Gasteiger partial charge in [0.05, 0.1) is 10.6 Å². The Morgan fingerprint density at radius 1 is 1.22 bits per heavy atom. The second-order valence-corrected chi connectivity index (χ2v) is 5.96. The van der Waals surface area contributed by atoms with E-state index in [1.54, 1.807) is 6.07 Å². The van der Waals surface area contributed by atoms with E-state index in [1.165, 1.54) is 23.5 Å². The molecule has 0 bridgehead atoms. The Hall–Kier alpha value is -2.44. The van der Waals surface area contributed by atoms with E-state index in [-0.39, 0.29) is 18.0 Å². The molecule has 0 unspecified atom stereocenters. The third-order valence-electron chi connectivity index (χ3n) is 3.07. The molecular weight excluding hydrogens is 336 g/mol. The molecule has 3 rings (SSSR count). The fourth-order valence-electron chi connectivity index (χ4n) is 1.99. The molecular formula is C16H11ClN2O3S. The Bertz CT molecular complexity index is 836. The maximum absolute atomic E-state index is 11.0. The van der Waals surface area contributed by atoms with E-state index in [2.05, 4.69) is 4.98 Å². The lowest BCUT2D eigenvalue weighted by atomic mass is 10.2. The van der Waals surface area contributed by atoms with E-state index in [0.717, 1.165) is 16.3 Å². The monoisotopic (exact) mass is 346 g/mol. The first-order chi connectivity index (χ1) is 11.1. The highest BCUT2D eigenvalue weighted by atomic mass is 35.5. The van der Waals surface area contributed by atoms with E-state index < -0.39 is 4.92 Å². The standard InChI is InChI=1S/C16H11ClN2O3S/c17-12-6-7-15(14(8-12)19(20)21)22-9-13-10-23-16(18-13)11-4-2-1-3-5-11/h1-8,10H,9H2. The van der Waals surface area contributed by atoms with Crippen LogP contribution in [0.1, 0.15) is 5.69 Å². The van der Waals surface area contributed by atoms with Crippen LogP contribution in [0, 0.1) is 10.1 Å². The zero-order chi connectivity index (χ0) is 16.2. The Kier molecular flexibility index (Phi) is 4.55. The van der Waals surface area contributed by atoms with Crippen molar-refractivity contribution in [3.05, 3.63) is 74.7 Å². The first kappa shape index (κ1) is 15.5. The third kappa shape index (κ3) is 3.67. The van der Waals surface area contributed by atoms with Crippen LogP contribution in [-0.4, -0.2) is 9.91 Å². The molecule has 0 spiro atoms. The quantitative estimate of drug-likeness (QED) is 0.484. The third-order valence-corrected chi connectivity index (χ3v) is 4.24. The number of hydrogen-bond acceptors (Lipinski definition) is 5. The van der Waals surface area contributed by atoms with Gasteiger partial charge < -0.3 is 4.74 Å². The number of ether oxygens (including phenoxy) is 1. The number of aromatic nitrogens is 1. The fourth-order valence-corrected chi connectivity index (χ4v) is 2.97. The SMILES string of the molecule is O=[N+]([O-])c1cc(Cl)ccc1OCc1csc(-c2ccccc2)n1. The second kappa shape index (κ2) is 6.76. The average Bonchev–Trinajstić information content (AvgIpc) is 3.03. The summed E-state index contributed by atoms with van der Waals surface area (Å²) in [5.41, 5.74) is 1.59. The van der Waals surface area contributed by atoms with Crippen molar-refractivity contribution in [2.24, 2.45) is 0 Å². The van der Waals surface area contributed by atoms with Crippen LogP contribution >= 0.6 is 22.9 Å². The van der Waals surface area contributed by atoms with Gasteiger partial charge in [0.25, 0.3) is 0 Å². The van der Waals surface area contributed by atoms with Crippen LogP contribution in [0.15, 0.2) is 53.9 Å². The zero-order valence-electron chi connectivity index (χ0n) is 11.8. The summed E-state index contributed by atoms with van der Waals surface area (Å²) in [7, 11) is 0. The topological polar surface area (TPSA) is 65.3 Å². The highest BCUT2D eigenvalue weighted by molar-refractivity contribution is 7.13. The summed E-state index contributed by atoms with van der Waals surface area (Å²) >= 11 is 7.28. The zero-order valence-corrected chi connectivity index (χ0v) is 13.4. The number of rotatable bonds is 5. The first-order valence-corrected chi connectivity index (χ1v) is 7.96. The highest BCUT2D eigenvalue weighted by Crippen LogP contribution is 2.31. The van der Waals surface area contributed by atoms with Crippen molar-refractivity contribution in [1.82, 2.24) is 4.98 Å². The van der Waals surface area contributed by atoms with Gasteiger partial charge in [0.1, 0.15) is 11.6 Å². The Morgan fingerprint density at radius 3 is 2.74 bits per heavy atom. The number of benzene rings is 2. The molecule has 1 heterocycles. The molecule has 0 aliphatic rings. The lowest BCUT2D eigenvalue weighted by Crippen LogP contribution is -1.99. The number of nitro benzene ring substituents is 1. The molecule has 5 nitrogen and oxygen atoms in total. The van der Waals surface area contributed by atoms with Crippen LogP contribution < -0.4 is 4.74 Å². The summed E-state index contributed by atoms with van der Waals surface area (Å²) in [4.78, 5) is 15.0. The smallest absolute Gasteiger partial charge is 0.312 e. The predicted octanol–water partition coefficient (Wildman–Crippen LogP) is 4.95. The molecule has 0 fully saturated rings. The van der Waals surface area contributed by atoms with E-state index in [9.17, 15) is 10.1 Å². The average molecular weight is 347 g/mol. The van der Waals surface area contributed by atoms with Crippen molar-refractivity contribution in [3.8, 4) is 16.3 Å². The molecule has 0 N–H and O–H groups in total. The molecule has 0 saturated heterocycles. The van der Waals surface area contributed by atoms with Gasteiger partial charge in [-0.2, -0.15) is 0 Å². The molecule has 0 aliphatic heterocycles. The summed E-state index contributed by atoms with van der Waals surface area (Å²) in [6.07, 6.45) is 0. The van der Waals surface area contributed by atoms with Crippen molar-refractivity contribution in [1.29, 1.82) is 0 Å². The normalized spacial score (nSPS) is 10.5. The predicted molar refractivity (Wildman–Crippen MR) is 90.0 cm³/mol. The van der Waals surface area contributed by atoms with Crippen molar-refractivity contribution in [3.63, 3.8) is 0 Å². The maximum atomic E-state index is 11.0. The minimum absolute atomic E-state index is 0.156. The minimum Gasteiger partial charge on any atom is -0.480 e. The Morgan fingerprint density at radius 2 is 2.00 bits per heavy atom. The van der Waals surface area contributed by atoms with E-state index in [0.29, 0.717) is 5.02 Å². The molecule has 23 heavy (non-hydrogen) atoms. The van der Waals surface area contributed by atoms with Crippen LogP contribution in [-0.2, 0) is 6.61 Å². The lowest BCUT2D eigenvalue weighted by molar-refractivity contribution is -0.385. The van der Waals surface area contributed by atoms with Crippen LogP contribution in [0.5, 0.6) is 5.75 Å². The summed E-state index contributed by atoms with van der Waals surface area (Å²) in [6.45, 7) is 0.159. The van der Waals surface area contributed by atoms with Crippen molar-refractivity contribution in [2.75, 3.05) is 0 Å². The molecule has 0 radical (unpaired) electrons. The summed E-state index contributed by atoms with van der Waals surface area (Å²) in [5, 5.41) is 14.1. The molecule has 116 valence electrons. The summed E-state index contributed by atoms with van der Waals surface area (Å²) in [6, 6.07) is 14.1. The van der Waals surface area contributed by atoms with E-state index in [4.69, 9.17) is 16.3 Å². The van der Waals surface area contributed by atoms with Gasteiger partial charge in [-0.15, -0.1) is 11.3 Å². The molecule has 2 aromatic carbocycles. The number of nitrogens with zero attached hydrogens (tertiary/aromatic N) is 2. The van der Waals surface area contributed by atoms with Gasteiger partial charge >= 0.3 is 5.69 Å². The van der Waals surface area contributed by atoms with Gasteiger partial charge in [-0.25, -0.2) is 4.98 Å². The van der Waals surface area contributed by atoms with E-state index in [1.807, 2.05) is 35.7 Å². The van der Waals surface area contributed by atoms with Crippen LogP contribution in [0.4, 0.5) is 5.69 Å². The van der Waals surface area contributed by atoms with Crippen molar-refractivity contribution < 1.29 is 9.66 Å². The number of thiazole rings is 1. The molecule has 3 aromatic rings. The van der Waals surface area contributed by atoms with Gasteiger partial charge in [-0.05, 0) is 12.1 Å². The Balaban J connectivity index is 1.75. The Labute approximate surface area is 141 Å². The van der Waals surface area contributed by atoms with Gasteiger partial charge in [-0.1, -0.05) is 41.9 Å². The number of hydrogen-bond donors (Lipinski definition) is 0. The maximum Gasteiger partial charge on any atom is 0.312 e. The second-order valence-electron chi connectivity index (χ2n) is 4.67. The summed E-state index contributed by atoms with van der Waals surface area (Å²) < 4.78 is 5.53. The molecule has 0 saturated carbocycles. The van der Waals surface area contributed by atoms with Gasteiger partial charge in [0, 0.05) is 22.0 Å². The number of halogens is 1. The highest BCUT2D eigenvalue weighted by Gasteiger charge is 2.16. The fraction of sp³-hybridized carbons (Fsp3) is 0.0625. The molecule has 1 aromatic heterocycles. The largest absolute Gasteiger partial charge is 0.480 e. The van der Waals surface area contributed by atoms with E-state index >= 15 is 0 Å². The molecule has 0 amide bonds. The van der Waals surface area contributed by atoms with Crippen LogP contribution in [0.25, 0.3) is 10.6 Å². The van der Waals surface area contributed by atoms with Crippen LogP contribution in [0.2, 0.25) is 5.02 Å². The molecule has 0 aliphatic carbocycles. The lowest BCUT2D eigenvalue weighted by Gasteiger charge is -2.05.